The van der Waals surface area contributed by atoms with Crippen LogP contribution in [0.4, 0.5) is 13.2 Å². The van der Waals surface area contributed by atoms with Crippen molar-refractivity contribution >= 4 is 5.97 Å². The highest BCUT2D eigenvalue weighted by Crippen LogP contribution is 2.25. The van der Waals surface area contributed by atoms with E-state index < -0.39 is 24.1 Å². The predicted octanol–water partition coefficient (Wildman–Crippen LogP) is 2.57. The van der Waals surface area contributed by atoms with E-state index >= 15 is 0 Å². The molecule has 1 aromatic carbocycles. The molecule has 1 atom stereocenters. The van der Waals surface area contributed by atoms with Gasteiger partial charge in [0.2, 0.25) is 0 Å². The minimum absolute atomic E-state index is 0.222. The Morgan fingerprint density at radius 1 is 1.40 bits per heavy atom. The summed E-state index contributed by atoms with van der Waals surface area (Å²) in [5.41, 5.74) is 0.0674. The number of hydrogen-bond acceptors (Lipinski definition) is 1. The molecule has 0 aromatic heterocycles. The standard InChI is InChI=1S/C10H9F3O2/c1-5-2-3-6(4-7(5)11)8(9(12)13)10(14)15/h2-4,8-9H,1H3,(H,14,15). The zero-order valence-electron chi connectivity index (χ0n) is 7.88. The van der Waals surface area contributed by atoms with Crippen LogP contribution in [-0.4, -0.2) is 17.5 Å². The second kappa shape index (κ2) is 4.33. The zero-order chi connectivity index (χ0) is 11.6. The summed E-state index contributed by atoms with van der Waals surface area (Å²) in [4.78, 5) is 10.5. The monoisotopic (exact) mass is 218 g/mol. The van der Waals surface area contributed by atoms with Gasteiger partial charge in [-0.2, -0.15) is 0 Å². The first-order valence-electron chi connectivity index (χ1n) is 4.20. The third kappa shape index (κ3) is 2.49. The normalized spacial score (nSPS) is 12.9. The minimum Gasteiger partial charge on any atom is -0.481 e. The molecular weight excluding hydrogens is 209 g/mol. The van der Waals surface area contributed by atoms with Crippen molar-refractivity contribution in [3.05, 3.63) is 35.1 Å². The maximum atomic E-state index is 13.0. The topological polar surface area (TPSA) is 37.3 Å². The molecule has 1 aromatic rings. The molecule has 15 heavy (non-hydrogen) atoms. The molecule has 1 unspecified atom stereocenters. The Hall–Kier alpha value is -1.52. The highest BCUT2D eigenvalue weighted by molar-refractivity contribution is 5.76. The number of aryl methyl sites for hydroxylation is 1. The van der Waals surface area contributed by atoms with Gasteiger partial charge in [-0.3, -0.25) is 4.79 Å². The molecule has 82 valence electrons. The van der Waals surface area contributed by atoms with Crippen LogP contribution in [0.2, 0.25) is 0 Å². The number of rotatable bonds is 3. The maximum Gasteiger partial charge on any atom is 0.316 e. The van der Waals surface area contributed by atoms with Crippen LogP contribution in [0.3, 0.4) is 0 Å². The average molecular weight is 218 g/mol. The number of carboxylic acids is 1. The van der Waals surface area contributed by atoms with Gasteiger partial charge < -0.3 is 5.11 Å². The van der Waals surface area contributed by atoms with Crippen LogP contribution in [0.5, 0.6) is 0 Å². The van der Waals surface area contributed by atoms with Crippen molar-refractivity contribution in [2.75, 3.05) is 0 Å². The van der Waals surface area contributed by atoms with E-state index in [0.717, 1.165) is 6.07 Å². The van der Waals surface area contributed by atoms with Gasteiger partial charge in [0.05, 0.1) is 0 Å². The summed E-state index contributed by atoms with van der Waals surface area (Å²) in [7, 11) is 0. The number of alkyl halides is 2. The van der Waals surface area contributed by atoms with Crippen LogP contribution in [0.15, 0.2) is 18.2 Å². The molecule has 1 N–H and O–H groups in total. The van der Waals surface area contributed by atoms with E-state index in [0.29, 0.717) is 0 Å². The van der Waals surface area contributed by atoms with E-state index in [1.807, 2.05) is 0 Å². The molecule has 2 nitrogen and oxygen atoms in total. The number of halogens is 3. The highest BCUT2D eigenvalue weighted by Gasteiger charge is 2.30. The highest BCUT2D eigenvalue weighted by atomic mass is 19.3. The molecule has 0 aliphatic carbocycles. The molecule has 0 heterocycles. The summed E-state index contributed by atoms with van der Waals surface area (Å²) < 4.78 is 37.8. The number of carboxylic acid groups (broad SMARTS) is 1. The summed E-state index contributed by atoms with van der Waals surface area (Å²) >= 11 is 0. The Morgan fingerprint density at radius 2 is 2.00 bits per heavy atom. The number of benzene rings is 1. The van der Waals surface area contributed by atoms with Gasteiger partial charge in [0.15, 0.2) is 0 Å². The molecule has 0 fully saturated rings. The number of aliphatic carboxylic acids is 1. The van der Waals surface area contributed by atoms with Crippen LogP contribution in [0.25, 0.3) is 0 Å². The smallest absolute Gasteiger partial charge is 0.316 e. The molecule has 0 saturated heterocycles. The van der Waals surface area contributed by atoms with Crippen molar-refractivity contribution in [1.29, 1.82) is 0 Å². The molecule has 0 amide bonds. The first kappa shape index (κ1) is 11.6. The fourth-order valence-corrected chi connectivity index (χ4v) is 1.20. The molecule has 1 rings (SSSR count). The van der Waals surface area contributed by atoms with E-state index in [1.165, 1.54) is 19.1 Å². The second-order valence-electron chi connectivity index (χ2n) is 3.16. The summed E-state index contributed by atoms with van der Waals surface area (Å²) in [6.45, 7) is 1.47. The van der Waals surface area contributed by atoms with Crippen molar-refractivity contribution in [2.45, 2.75) is 19.3 Å². The molecule has 0 spiro atoms. The number of hydrogen-bond donors (Lipinski definition) is 1. The van der Waals surface area contributed by atoms with Crippen LogP contribution in [0.1, 0.15) is 17.0 Å². The molecule has 5 heteroatoms. The molecular formula is C10H9F3O2. The molecule has 0 aliphatic rings. The number of carbonyl (C=O) groups is 1. The summed E-state index contributed by atoms with van der Waals surface area (Å²) in [5.74, 6) is -4.31. The largest absolute Gasteiger partial charge is 0.481 e. The predicted molar refractivity (Wildman–Crippen MR) is 47.5 cm³/mol. The molecule has 0 bridgehead atoms. The van der Waals surface area contributed by atoms with Gasteiger partial charge >= 0.3 is 5.97 Å². The van der Waals surface area contributed by atoms with Gasteiger partial charge in [0.25, 0.3) is 6.43 Å². The summed E-state index contributed by atoms with van der Waals surface area (Å²) in [5, 5.41) is 8.55. The Kier molecular flexibility index (Phi) is 3.34. The molecule has 0 saturated carbocycles. The van der Waals surface area contributed by atoms with Crippen molar-refractivity contribution in [3.8, 4) is 0 Å². The van der Waals surface area contributed by atoms with Crippen molar-refractivity contribution in [3.63, 3.8) is 0 Å². The quantitative estimate of drug-likeness (QED) is 0.846. The van der Waals surface area contributed by atoms with Gasteiger partial charge in [0, 0.05) is 0 Å². The fourth-order valence-electron chi connectivity index (χ4n) is 1.20. The Morgan fingerprint density at radius 3 is 2.40 bits per heavy atom. The van der Waals surface area contributed by atoms with E-state index in [1.54, 1.807) is 0 Å². The van der Waals surface area contributed by atoms with Crippen LogP contribution >= 0.6 is 0 Å². The average Bonchev–Trinajstić information content (AvgIpc) is 2.10. The molecule has 0 aliphatic heterocycles. The van der Waals surface area contributed by atoms with E-state index in [2.05, 4.69) is 0 Å². The maximum absolute atomic E-state index is 13.0. The third-order valence-electron chi connectivity index (χ3n) is 2.07. The Balaban J connectivity index is 3.12. The van der Waals surface area contributed by atoms with Crippen LogP contribution in [0, 0.1) is 12.7 Å². The lowest BCUT2D eigenvalue weighted by atomic mass is 9.98. The van der Waals surface area contributed by atoms with E-state index in [9.17, 15) is 18.0 Å². The zero-order valence-corrected chi connectivity index (χ0v) is 7.88. The van der Waals surface area contributed by atoms with Crippen molar-refractivity contribution in [1.82, 2.24) is 0 Å². The van der Waals surface area contributed by atoms with E-state index in [-0.39, 0.29) is 11.1 Å². The summed E-state index contributed by atoms with van der Waals surface area (Å²) in [6, 6.07) is 3.31. The van der Waals surface area contributed by atoms with E-state index in [4.69, 9.17) is 5.11 Å². The SMILES string of the molecule is Cc1ccc(C(C(=O)O)C(F)F)cc1F. The Bertz CT molecular complexity index is 377. The van der Waals surface area contributed by atoms with Gasteiger partial charge in [-0.05, 0) is 24.1 Å². The van der Waals surface area contributed by atoms with Crippen molar-refractivity contribution in [2.24, 2.45) is 0 Å². The lowest BCUT2D eigenvalue weighted by Crippen LogP contribution is -2.19. The lowest BCUT2D eigenvalue weighted by molar-refractivity contribution is -0.142. The third-order valence-corrected chi connectivity index (χ3v) is 2.07. The molecule has 0 radical (unpaired) electrons. The van der Waals surface area contributed by atoms with Crippen molar-refractivity contribution < 1.29 is 23.1 Å². The fraction of sp³-hybridized carbons (Fsp3) is 0.300. The lowest BCUT2D eigenvalue weighted by Gasteiger charge is -2.11. The Labute approximate surface area is 84.3 Å². The van der Waals surface area contributed by atoms with Gasteiger partial charge in [0.1, 0.15) is 11.7 Å². The first-order chi connectivity index (χ1) is 6.93. The summed E-state index contributed by atoms with van der Waals surface area (Å²) in [6.07, 6.45) is -3.05. The van der Waals surface area contributed by atoms with Gasteiger partial charge in [-0.1, -0.05) is 12.1 Å². The van der Waals surface area contributed by atoms with Crippen LogP contribution in [-0.2, 0) is 4.79 Å². The van der Waals surface area contributed by atoms with Gasteiger partial charge in [-0.25, -0.2) is 13.2 Å². The van der Waals surface area contributed by atoms with Crippen LogP contribution < -0.4 is 0 Å². The second-order valence-corrected chi connectivity index (χ2v) is 3.16. The minimum atomic E-state index is -3.05. The first-order valence-corrected chi connectivity index (χ1v) is 4.20. The van der Waals surface area contributed by atoms with Gasteiger partial charge in [-0.15, -0.1) is 0 Å².